The average molecular weight is 267 g/mol. The van der Waals surface area contributed by atoms with Crippen LogP contribution in [0.5, 0.6) is 5.75 Å². The zero-order valence-electron chi connectivity index (χ0n) is 11.7. The molecule has 5 nitrogen and oxygen atoms in total. The Morgan fingerprint density at radius 1 is 1.21 bits per heavy atom. The zero-order valence-corrected chi connectivity index (χ0v) is 11.7. The topological polar surface area (TPSA) is 48.0 Å². The SMILES string of the molecule is COCCN(C(=O)Oc1ccccc1)C(C)COC. The fourth-order valence-electron chi connectivity index (χ4n) is 1.66. The van der Waals surface area contributed by atoms with Crippen LogP contribution in [0.15, 0.2) is 30.3 Å². The Bertz CT molecular complexity index is 369. The van der Waals surface area contributed by atoms with Gasteiger partial charge in [0, 0.05) is 20.8 Å². The Kier molecular flexibility index (Phi) is 6.92. The summed E-state index contributed by atoms with van der Waals surface area (Å²) >= 11 is 0. The second-order valence-electron chi connectivity index (χ2n) is 4.17. The third-order valence-electron chi connectivity index (χ3n) is 2.66. The summed E-state index contributed by atoms with van der Waals surface area (Å²) in [5.74, 6) is 0.527. The highest BCUT2D eigenvalue weighted by atomic mass is 16.6. The maximum absolute atomic E-state index is 12.1. The Hall–Kier alpha value is -1.59. The lowest BCUT2D eigenvalue weighted by Crippen LogP contribution is -2.44. The van der Waals surface area contributed by atoms with Gasteiger partial charge < -0.3 is 19.1 Å². The maximum Gasteiger partial charge on any atom is 0.415 e. The third-order valence-corrected chi connectivity index (χ3v) is 2.66. The molecule has 1 aromatic carbocycles. The summed E-state index contributed by atoms with van der Waals surface area (Å²) in [5.41, 5.74) is 0. The van der Waals surface area contributed by atoms with Crippen LogP contribution < -0.4 is 4.74 Å². The molecule has 0 saturated carbocycles. The molecule has 0 fully saturated rings. The van der Waals surface area contributed by atoms with Crippen LogP contribution in [0.1, 0.15) is 6.92 Å². The van der Waals surface area contributed by atoms with E-state index >= 15 is 0 Å². The summed E-state index contributed by atoms with van der Waals surface area (Å²) in [4.78, 5) is 13.7. The summed E-state index contributed by atoms with van der Waals surface area (Å²) in [6.07, 6.45) is -0.396. The van der Waals surface area contributed by atoms with Crippen LogP contribution in [0.4, 0.5) is 4.79 Å². The van der Waals surface area contributed by atoms with E-state index in [4.69, 9.17) is 14.2 Å². The van der Waals surface area contributed by atoms with Crippen molar-refractivity contribution in [2.75, 3.05) is 34.0 Å². The van der Waals surface area contributed by atoms with Crippen molar-refractivity contribution in [1.29, 1.82) is 0 Å². The van der Waals surface area contributed by atoms with Gasteiger partial charge in [-0.2, -0.15) is 0 Å². The summed E-state index contributed by atoms with van der Waals surface area (Å²) in [5, 5.41) is 0. The molecule has 0 N–H and O–H groups in total. The van der Waals surface area contributed by atoms with Gasteiger partial charge in [-0.3, -0.25) is 0 Å². The second kappa shape index (κ2) is 8.50. The van der Waals surface area contributed by atoms with Crippen LogP contribution in [0.25, 0.3) is 0 Å². The number of carbonyl (C=O) groups excluding carboxylic acids is 1. The molecule has 1 amide bonds. The number of methoxy groups -OCH3 is 2. The predicted molar refractivity (Wildman–Crippen MR) is 72.4 cm³/mol. The number of ether oxygens (including phenoxy) is 3. The first kappa shape index (κ1) is 15.5. The smallest absolute Gasteiger partial charge is 0.410 e. The van der Waals surface area contributed by atoms with Gasteiger partial charge in [0.1, 0.15) is 5.75 Å². The van der Waals surface area contributed by atoms with E-state index in [2.05, 4.69) is 0 Å². The van der Waals surface area contributed by atoms with Crippen molar-refractivity contribution in [3.05, 3.63) is 30.3 Å². The molecule has 1 atom stereocenters. The molecule has 106 valence electrons. The van der Waals surface area contributed by atoms with Crippen molar-refractivity contribution < 1.29 is 19.0 Å². The van der Waals surface area contributed by atoms with E-state index in [-0.39, 0.29) is 6.04 Å². The van der Waals surface area contributed by atoms with Crippen molar-refractivity contribution >= 4 is 6.09 Å². The van der Waals surface area contributed by atoms with Crippen LogP contribution >= 0.6 is 0 Å². The number of nitrogens with zero attached hydrogens (tertiary/aromatic N) is 1. The van der Waals surface area contributed by atoms with E-state index < -0.39 is 6.09 Å². The predicted octanol–water partition coefficient (Wildman–Crippen LogP) is 2.17. The van der Waals surface area contributed by atoms with Gasteiger partial charge in [0.15, 0.2) is 0 Å². The Labute approximate surface area is 114 Å². The van der Waals surface area contributed by atoms with Crippen LogP contribution in [-0.2, 0) is 9.47 Å². The normalized spacial score (nSPS) is 11.9. The molecular formula is C14H21NO4. The molecule has 1 unspecified atom stereocenters. The zero-order chi connectivity index (χ0) is 14.1. The van der Waals surface area contributed by atoms with E-state index in [0.29, 0.717) is 25.5 Å². The van der Waals surface area contributed by atoms with Gasteiger partial charge in [0.25, 0.3) is 0 Å². The molecule has 0 aliphatic heterocycles. The Morgan fingerprint density at radius 2 is 1.89 bits per heavy atom. The molecule has 0 bridgehead atoms. The molecule has 0 radical (unpaired) electrons. The number of hydrogen-bond donors (Lipinski definition) is 0. The largest absolute Gasteiger partial charge is 0.415 e. The molecule has 0 aromatic heterocycles. The van der Waals surface area contributed by atoms with Crippen LogP contribution in [0.3, 0.4) is 0 Å². The Balaban J connectivity index is 2.65. The van der Waals surface area contributed by atoms with Gasteiger partial charge in [0.2, 0.25) is 0 Å². The second-order valence-corrected chi connectivity index (χ2v) is 4.17. The average Bonchev–Trinajstić information content (AvgIpc) is 2.40. The van der Waals surface area contributed by atoms with Gasteiger partial charge in [-0.05, 0) is 19.1 Å². The molecule has 5 heteroatoms. The molecule has 1 aromatic rings. The van der Waals surface area contributed by atoms with Crippen molar-refractivity contribution in [3.8, 4) is 5.75 Å². The molecule has 0 aliphatic rings. The molecule has 19 heavy (non-hydrogen) atoms. The fourth-order valence-corrected chi connectivity index (χ4v) is 1.66. The van der Waals surface area contributed by atoms with Crippen molar-refractivity contribution in [2.45, 2.75) is 13.0 Å². The molecule has 0 spiro atoms. The fraction of sp³-hybridized carbons (Fsp3) is 0.500. The lowest BCUT2D eigenvalue weighted by Gasteiger charge is -2.27. The van der Waals surface area contributed by atoms with Gasteiger partial charge in [-0.25, -0.2) is 4.79 Å². The first-order valence-electron chi connectivity index (χ1n) is 6.20. The quantitative estimate of drug-likeness (QED) is 0.759. The van der Waals surface area contributed by atoms with E-state index in [0.717, 1.165) is 0 Å². The number of benzene rings is 1. The number of rotatable bonds is 7. The summed E-state index contributed by atoms with van der Waals surface area (Å²) in [6, 6.07) is 8.92. The number of para-hydroxylation sites is 1. The highest BCUT2D eigenvalue weighted by Crippen LogP contribution is 2.11. The van der Waals surface area contributed by atoms with Gasteiger partial charge >= 0.3 is 6.09 Å². The molecule has 1 rings (SSSR count). The maximum atomic E-state index is 12.1. The number of carbonyl (C=O) groups is 1. The van der Waals surface area contributed by atoms with Crippen LogP contribution in [0.2, 0.25) is 0 Å². The third kappa shape index (κ3) is 5.28. The molecule has 0 saturated heterocycles. The standard InChI is InChI=1S/C14H21NO4/c1-12(11-18-3)15(9-10-17-2)14(16)19-13-7-5-4-6-8-13/h4-8,12H,9-11H2,1-3H3. The van der Waals surface area contributed by atoms with Gasteiger partial charge in [-0.1, -0.05) is 18.2 Å². The minimum Gasteiger partial charge on any atom is -0.410 e. The van der Waals surface area contributed by atoms with Crippen LogP contribution in [-0.4, -0.2) is 51.0 Å². The molecule has 0 aliphatic carbocycles. The minimum atomic E-state index is -0.396. The van der Waals surface area contributed by atoms with E-state index in [1.165, 1.54) is 0 Å². The highest BCUT2D eigenvalue weighted by Gasteiger charge is 2.21. The minimum absolute atomic E-state index is 0.0728. The van der Waals surface area contributed by atoms with E-state index in [9.17, 15) is 4.79 Å². The van der Waals surface area contributed by atoms with Crippen molar-refractivity contribution in [1.82, 2.24) is 4.90 Å². The first-order valence-corrected chi connectivity index (χ1v) is 6.20. The van der Waals surface area contributed by atoms with Gasteiger partial charge in [0.05, 0.1) is 19.3 Å². The lowest BCUT2D eigenvalue weighted by molar-refractivity contribution is 0.0726. The van der Waals surface area contributed by atoms with Crippen molar-refractivity contribution in [2.24, 2.45) is 0 Å². The Morgan fingerprint density at radius 3 is 2.47 bits per heavy atom. The molecule has 0 heterocycles. The monoisotopic (exact) mass is 267 g/mol. The highest BCUT2D eigenvalue weighted by molar-refractivity contribution is 5.71. The summed E-state index contributed by atoms with van der Waals surface area (Å²) < 4.78 is 15.4. The lowest BCUT2D eigenvalue weighted by atomic mass is 10.3. The molecular weight excluding hydrogens is 246 g/mol. The van der Waals surface area contributed by atoms with Crippen LogP contribution in [0, 0.1) is 0 Å². The number of amides is 1. The summed E-state index contributed by atoms with van der Waals surface area (Å²) in [6.45, 7) is 3.28. The summed E-state index contributed by atoms with van der Waals surface area (Å²) in [7, 11) is 3.20. The van der Waals surface area contributed by atoms with E-state index in [1.807, 2.05) is 25.1 Å². The first-order chi connectivity index (χ1) is 9.19. The van der Waals surface area contributed by atoms with Crippen molar-refractivity contribution in [3.63, 3.8) is 0 Å². The number of hydrogen-bond acceptors (Lipinski definition) is 4. The van der Waals surface area contributed by atoms with Gasteiger partial charge in [-0.15, -0.1) is 0 Å². The van der Waals surface area contributed by atoms with E-state index in [1.54, 1.807) is 31.3 Å².